The number of carbonyl (C=O) groups excluding carboxylic acids is 2. The summed E-state index contributed by atoms with van der Waals surface area (Å²) in [5, 5.41) is 8.36. The minimum Gasteiger partial charge on any atom is -0.336 e. The van der Waals surface area contributed by atoms with E-state index in [1.165, 1.54) is 17.5 Å². The fourth-order valence-corrected chi connectivity index (χ4v) is 6.19. The Morgan fingerprint density at radius 2 is 1.72 bits per heavy atom. The van der Waals surface area contributed by atoms with Gasteiger partial charge in [0.15, 0.2) is 0 Å². The molecule has 206 valence electrons. The van der Waals surface area contributed by atoms with Crippen molar-refractivity contribution in [2.45, 2.75) is 65.0 Å². The standard InChI is InChI=1S/C33H42N4O2/c1-4-36(22-24-15-17-37(18-16-24)33(39)34-23(2)3)31-14-12-26-11-13-30(20-29(26)21-31)35-32(38)28-10-9-25-7-5-6-8-27(25)19-28/h5-11,13,19-20,23-24,31H,4,12,14-18,21-22H2,1-3H3,(H,34,39)(H,35,38). The molecule has 1 fully saturated rings. The normalized spacial score (nSPS) is 17.9. The molecule has 0 radical (unpaired) electrons. The molecule has 0 spiro atoms. The lowest BCUT2D eigenvalue weighted by atomic mass is 9.86. The third kappa shape index (κ3) is 6.62. The zero-order valence-electron chi connectivity index (χ0n) is 23.6. The number of fused-ring (bicyclic) bond motifs is 2. The van der Waals surface area contributed by atoms with E-state index in [0.717, 1.165) is 68.3 Å². The van der Waals surface area contributed by atoms with Crippen LogP contribution in [-0.2, 0) is 12.8 Å². The number of likely N-dealkylation sites (N-methyl/N-ethyl adjacent to an activating group) is 1. The minimum atomic E-state index is -0.0725. The molecule has 2 N–H and O–H groups in total. The average molecular weight is 527 g/mol. The van der Waals surface area contributed by atoms with Crippen molar-refractivity contribution < 1.29 is 9.59 Å². The van der Waals surface area contributed by atoms with Gasteiger partial charge in [0, 0.05) is 43.0 Å². The van der Waals surface area contributed by atoms with Crippen LogP contribution in [0, 0.1) is 5.92 Å². The second-order valence-corrected chi connectivity index (χ2v) is 11.5. The van der Waals surface area contributed by atoms with E-state index in [0.29, 0.717) is 17.5 Å². The molecule has 1 saturated heterocycles. The Hall–Kier alpha value is -3.38. The van der Waals surface area contributed by atoms with Crippen molar-refractivity contribution in [1.29, 1.82) is 0 Å². The Morgan fingerprint density at radius 1 is 0.949 bits per heavy atom. The first-order valence-corrected chi connectivity index (χ1v) is 14.6. The third-order valence-corrected chi connectivity index (χ3v) is 8.41. The molecule has 6 heteroatoms. The molecule has 0 aromatic heterocycles. The number of benzene rings is 3. The Bertz CT molecular complexity index is 1310. The van der Waals surface area contributed by atoms with E-state index < -0.39 is 0 Å². The second kappa shape index (κ2) is 12.2. The number of aryl methyl sites for hydroxylation is 1. The molecule has 3 aromatic carbocycles. The van der Waals surface area contributed by atoms with E-state index in [9.17, 15) is 9.59 Å². The number of likely N-dealkylation sites (tertiary alicyclic amines) is 1. The highest BCUT2D eigenvalue weighted by molar-refractivity contribution is 6.06. The van der Waals surface area contributed by atoms with Crippen LogP contribution in [0.15, 0.2) is 60.7 Å². The molecular formula is C33H42N4O2. The van der Waals surface area contributed by atoms with Gasteiger partial charge in [0.25, 0.3) is 5.91 Å². The van der Waals surface area contributed by atoms with E-state index in [2.05, 4.69) is 40.7 Å². The van der Waals surface area contributed by atoms with Gasteiger partial charge in [0.05, 0.1) is 0 Å². The maximum absolute atomic E-state index is 13.0. The number of amides is 3. The number of nitrogens with one attached hydrogen (secondary N) is 2. The molecule has 3 amide bonds. The predicted octanol–water partition coefficient (Wildman–Crippen LogP) is 6.10. The van der Waals surface area contributed by atoms with Crippen molar-refractivity contribution in [2.24, 2.45) is 5.92 Å². The van der Waals surface area contributed by atoms with Gasteiger partial charge in [-0.15, -0.1) is 0 Å². The van der Waals surface area contributed by atoms with E-state index in [-0.39, 0.29) is 18.0 Å². The molecule has 2 aliphatic rings. The molecule has 0 bridgehead atoms. The summed E-state index contributed by atoms with van der Waals surface area (Å²) in [4.78, 5) is 30.0. The van der Waals surface area contributed by atoms with Gasteiger partial charge in [0.2, 0.25) is 0 Å². The Morgan fingerprint density at radius 3 is 2.46 bits per heavy atom. The van der Waals surface area contributed by atoms with Gasteiger partial charge >= 0.3 is 6.03 Å². The number of urea groups is 1. The zero-order valence-corrected chi connectivity index (χ0v) is 23.6. The number of rotatable bonds is 7. The van der Waals surface area contributed by atoms with Crippen molar-refractivity contribution in [1.82, 2.24) is 15.1 Å². The highest BCUT2D eigenvalue weighted by atomic mass is 16.2. The first kappa shape index (κ1) is 27.2. The number of piperidine rings is 1. The van der Waals surface area contributed by atoms with E-state index in [4.69, 9.17) is 0 Å². The summed E-state index contributed by atoms with van der Waals surface area (Å²) in [5.74, 6) is 0.554. The van der Waals surface area contributed by atoms with Crippen LogP contribution in [0.1, 0.15) is 61.5 Å². The van der Waals surface area contributed by atoms with E-state index >= 15 is 0 Å². The Kier molecular flexibility index (Phi) is 8.51. The maximum atomic E-state index is 13.0. The summed E-state index contributed by atoms with van der Waals surface area (Å²) >= 11 is 0. The van der Waals surface area contributed by atoms with Gasteiger partial charge < -0.3 is 20.4 Å². The number of hydrogen-bond acceptors (Lipinski definition) is 3. The van der Waals surface area contributed by atoms with Crippen LogP contribution in [0.2, 0.25) is 0 Å². The topological polar surface area (TPSA) is 64.7 Å². The van der Waals surface area contributed by atoms with Gasteiger partial charge in [-0.3, -0.25) is 4.79 Å². The number of hydrogen-bond donors (Lipinski definition) is 2. The minimum absolute atomic E-state index is 0.0724. The number of nitrogens with zero attached hydrogens (tertiary/aromatic N) is 2. The van der Waals surface area contributed by atoms with Crippen LogP contribution in [-0.4, -0.2) is 60.0 Å². The van der Waals surface area contributed by atoms with Crippen LogP contribution >= 0.6 is 0 Å². The summed E-state index contributed by atoms with van der Waals surface area (Å²) in [6.45, 7) is 10.1. The lowest BCUT2D eigenvalue weighted by molar-refractivity contribution is 0.102. The first-order chi connectivity index (χ1) is 18.9. The maximum Gasteiger partial charge on any atom is 0.317 e. The van der Waals surface area contributed by atoms with Crippen LogP contribution in [0.4, 0.5) is 10.5 Å². The van der Waals surface area contributed by atoms with Crippen molar-refractivity contribution in [3.05, 3.63) is 77.4 Å². The molecule has 1 unspecified atom stereocenters. The first-order valence-electron chi connectivity index (χ1n) is 14.6. The van der Waals surface area contributed by atoms with Crippen molar-refractivity contribution in [3.8, 4) is 0 Å². The van der Waals surface area contributed by atoms with Gasteiger partial charge in [-0.1, -0.05) is 43.3 Å². The smallest absolute Gasteiger partial charge is 0.317 e. The molecule has 1 aliphatic heterocycles. The Balaban J connectivity index is 1.19. The molecule has 1 heterocycles. The summed E-state index contributed by atoms with van der Waals surface area (Å²) < 4.78 is 0. The van der Waals surface area contributed by atoms with Crippen molar-refractivity contribution >= 4 is 28.4 Å². The van der Waals surface area contributed by atoms with Gasteiger partial charge in [-0.25, -0.2) is 4.79 Å². The second-order valence-electron chi connectivity index (χ2n) is 11.5. The largest absolute Gasteiger partial charge is 0.336 e. The SMILES string of the molecule is CCN(CC1CCN(C(=O)NC(C)C)CC1)C1CCc2ccc(NC(=O)c3ccc4ccccc4c3)cc2C1. The van der Waals surface area contributed by atoms with Crippen LogP contribution < -0.4 is 10.6 Å². The van der Waals surface area contributed by atoms with Crippen molar-refractivity contribution in [3.63, 3.8) is 0 Å². The fourth-order valence-electron chi connectivity index (χ4n) is 6.19. The van der Waals surface area contributed by atoms with Crippen molar-refractivity contribution in [2.75, 3.05) is 31.5 Å². The predicted molar refractivity (Wildman–Crippen MR) is 159 cm³/mol. The van der Waals surface area contributed by atoms with Crippen LogP contribution in [0.5, 0.6) is 0 Å². The van der Waals surface area contributed by atoms with Gasteiger partial charge in [-0.2, -0.15) is 0 Å². The lowest BCUT2D eigenvalue weighted by Gasteiger charge is -2.39. The molecule has 1 aliphatic carbocycles. The molecule has 39 heavy (non-hydrogen) atoms. The summed E-state index contributed by atoms with van der Waals surface area (Å²) in [6.07, 6.45) is 5.38. The summed E-state index contributed by atoms with van der Waals surface area (Å²) in [6, 6.07) is 21.1. The lowest BCUT2D eigenvalue weighted by Crippen LogP contribution is -2.48. The Labute approximate surface area is 232 Å². The van der Waals surface area contributed by atoms with Crippen LogP contribution in [0.3, 0.4) is 0 Å². The molecule has 5 rings (SSSR count). The highest BCUT2D eigenvalue weighted by Crippen LogP contribution is 2.29. The zero-order chi connectivity index (χ0) is 27.4. The van der Waals surface area contributed by atoms with E-state index in [1.54, 1.807) is 0 Å². The average Bonchev–Trinajstić information content (AvgIpc) is 2.95. The quantitative estimate of drug-likeness (QED) is 0.391. The van der Waals surface area contributed by atoms with Gasteiger partial charge in [-0.05, 0) is 105 Å². The molecule has 3 aromatic rings. The fraction of sp³-hybridized carbons (Fsp3) is 0.455. The summed E-state index contributed by atoms with van der Waals surface area (Å²) in [7, 11) is 0. The monoisotopic (exact) mass is 526 g/mol. The van der Waals surface area contributed by atoms with Gasteiger partial charge in [0.1, 0.15) is 0 Å². The highest BCUT2D eigenvalue weighted by Gasteiger charge is 2.28. The molecular weight excluding hydrogens is 484 g/mol. The van der Waals surface area contributed by atoms with E-state index in [1.807, 2.05) is 61.2 Å². The molecule has 1 atom stereocenters. The summed E-state index contributed by atoms with van der Waals surface area (Å²) in [5.41, 5.74) is 4.29. The number of anilines is 1. The third-order valence-electron chi connectivity index (χ3n) is 8.41. The molecule has 0 saturated carbocycles. The molecule has 6 nitrogen and oxygen atoms in total. The number of carbonyl (C=O) groups is 2. The van der Waals surface area contributed by atoms with Crippen LogP contribution in [0.25, 0.3) is 10.8 Å².